The topological polar surface area (TPSA) is 37.8 Å². The minimum Gasteiger partial charge on any atom is -0.312 e. The van der Waals surface area contributed by atoms with Crippen LogP contribution < -0.4 is 5.32 Å². The van der Waals surface area contributed by atoms with Crippen molar-refractivity contribution in [2.75, 3.05) is 7.05 Å². The molecule has 0 aliphatic rings. The second-order valence-electron chi connectivity index (χ2n) is 5.34. The predicted molar refractivity (Wildman–Crippen MR) is 74.5 cm³/mol. The summed E-state index contributed by atoms with van der Waals surface area (Å²) < 4.78 is 4.11. The molecule has 1 rings (SSSR count). The molecule has 0 aromatic carbocycles. The van der Waals surface area contributed by atoms with E-state index < -0.39 is 0 Å². The summed E-state index contributed by atoms with van der Waals surface area (Å²) in [5.41, 5.74) is 1.17. The van der Waals surface area contributed by atoms with Crippen LogP contribution in [0.15, 0.2) is 0 Å². The van der Waals surface area contributed by atoms with Crippen LogP contribution in [0.4, 0.5) is 0 Å². The van der Waals surface area contributed by atoms with Gasteiger partial charge < -0.3 is 5.32 Å². The van der Waals surface area contributed by atoms with Crippen LogP contribution in [-0.2, 0) is 0 Å². The van der Waals surface area contributed by atoms with Crippen molar-refractivity contribution < 1.29 is 0 Å². The monoisotopic (exact) mass is 255 g/mol. The number of aromatic nitrogens is 2. The Bertz CT molecular complexity index is 320. The maximum Gasteiger partial charge on any atom is 0.0829 e. The van der Waals surface area contributed by atoms with E-state index in [0.717, 1.165) is 5.92 Å². The van der Waals surface area contributed by atoms with Crippen molar-refractivity contribution in [1.29, 1.82) is 0 Å². The van der Waals surface area contributed by atoms with E-state index in [2.05, 4.69) is 42.6 Å². The Morgan fingerprint density at radius 1 is 1.18 bits per heavy atom. The molecule has 4 heteroatoms. The smallest absolute Gasteiger partial charge is 0.0829 e. The molecule has 0 amide bonds. The SMILES string of the molecule is CNC(CCCC(C)C)c1snnc1C(C)C. The molecule has 0 bridgehead atoms. The summed E-state index contributed by atoms with van der Waals surface area (Å²) in [6.45, 7) is 8.92. The Hall–Kier alpha value is -0.480. The minimum atomic E-state index is 0.422. The zero-order valence-corrected chi connectivity index (χ0v) is 12.5. The van der Waals surface area contributed by atoms with Crippen LogP contribution in [0.2, 0.25) is 0 Å². The molecule has 17 heavy (non-hydrogen) atoms. The van der Waals surface area contributed by atoms with Gasteiger partial charge >= 0.3 is 0 Å². The van der Waals surface area contributed by atoms with Crippen molar-refractivity contribution in [3.05, 3.63) is 10.6 Å². The average molecular weight is 255 g/mol. The second-order valence-corrected chi connectivity index (χ2v) is 6.13. The summed E-state index contributed by atoms with van der Waals surface area (Å²) in [7, 11) is 2.03. The maximum atomic E-state index is 4.26. The zero-order valence-electron chi connectivity index (χ0n) is 11.7. The van der Waals surface area contributed by atoms with Crippen LogP contribution in [0.1, 0.15) is 69.5 Å². The van der Waals surface area contributed by atoms with E-state index in [9.17, 15) is 0 Å². The third kappa shape index (κ3) is 4.36. The van der Waals surface area contributed by atoms with Gasteiger partial charge in [0.15, 0.2) is 0 Å². The van der Waals surface area contributed by atoms with Crippen molar-refractivity contribution in [3.8, 4) is 0 Å². The molecule has 0 radical (unpaired) electrons. The Kier molecular flexibility index (Phi) is 6.06. The summed E-state index contributed by atoms with van der Waals surface area (Å²) in [4.78, 5) is 1.33. The number of nitrogens with one attached hydrogen (secondary N) is 1. The van der Waals surface area contributed by atoms with Crippen molar-refractivity contribution in [1.82, 2.24) is 14.9 Å². The highest BCUT2D eigenvalue weighted by molar-refractivity contribution is 7.05. The fourth-order valence-corrected chi connectivity index (χ4v) is 2.93. The first-order chi connectivity index (χ1) is 8.06. The molecule has 1 heterocycles. The van der Waals surface area contributed by atoms with Gasteiger partial charge in [-0.3, -0.25) is 0 Å². The van der Waals surface area contributed by atoms with Gasteiger partial charge in [0.2, 0.25) is 0 Å². The fourth-order valence-electron chi connectivity index (χ4n) is 1.98. The van der Waals surface area contributed by atoms with Gasteiger partial charge in [0.05, 0.1) is 10.6 Å². The largest absolute Gasteiger partial charge is 0.312 e. The molecule has 1 atom stereocenters. The number of nitrogens with zero attached hydrogens (tertiary/aromatic N) is 2. The quantitative estimate of drug-likeness (QED) is 0.806. The molecular formula is C13H25N3S. The van der Waals surface area contributed by atoms with Crippen LogP contribution >= 0.6 is 11.5 Å². The molecule has 1 aromatic heterocycles. The Morgan fingerprint density at radius 2 is 1.88 bits per heavy atom. The fraction of sp³-hybridized carbons (Fsp3) is 0.846. The molecule has 0 aliphatic heterocycles. The Balaban J connectivity index is 2.62. The van der Waals surface area contributed by atoms with Crippen LogP contribution in [0.3, 0.4) is 0 Å². The highest BCUT2D eigenvalue weighted by Gasteiger charge is 2.19. The molecule has 0 aliphatic carbocycles. The number of hydrogen-bond acceptors (Lipinski definition) is 4. The second kappa shape index (κ2) is 7.07. The van der Waals surface area contributed by atoms with Gasteiger partial charge in [0.25, 0.3) is 0 Å². The lowest BCUT2D eigenvalue weighted by molar-refractivity contribution is 0.471. The molecule has 1 aromatic rings. The Morgan fingerprint density at radius 3 is 2.41 bits per heavy atom. The van der Waals surface area contributed by atoms with Crippen molar-refractivity contribution >= 4 is 11.5 Å². The van der Waals surface area contributed by atoms with E-state index in [0.29, 0.717) is 12.0 Å². The van der Waals surface area contributed by atoms with Crippen LogP contribution in [0.25, 0.3) is 0 Å². The average Bonchev–Trinajstić information content (AvgIpc) is 2.72. The lowest BCUT2D eigenvalue weighted by atomic mass is 9.99. The standard InChI is InChI=1S/C13H25N3S/c1-9(2)7-6-8-11(14-5)13-12(10(3)4)15-16-17-13/h9-11,14H,6-8H2,1-5H3. The zero-order chi connectivity index (χ0) is 12.8. The first-order valence-electron chi connectivity index (χ1n) is 6.55. The van der Waals surface area contributed by atoms with Crippen LogP contribution in [0, 0.1) is 5.92 Å². The van der Waals surface area contributed by atoms with Gasteiger partial charge in [-0.15, -0.1) is 5.10 Å². The third-order valence-corrected chi connectivity index (χ3v) is 3.88. The van der Waals surface area contributed by atoms with Crippen LogP contribution in [0.5, 0.6) is 0 Å². The third-order valence-electron chi connectivity index (χ3n) is 3.03. The first-order valence-corrected chi connectivity index (χ1v) is 7.33. The van der Waals surface area contributed by atoms with E-state index in [4.69, 9.17) is 0 Å². The highest BCUT2D eigenvalue weighted by Crippen LogP contribution is 2.29. The van der Waals surface area contributed by atoms with Gasteiger partial charge in [-0.25, -0.2) is 0 Å². The summed E-state index contributed by atoms with van der Waals surface area (Å²) >= 11 is 1.55. The minimum absolute atomic E-state index is 0.422. The normalized spacial score (nSPS) is 13.6. The molecule has 0 saturated carbocycles. The van der Waals surface area contributed by atoms with Crippen molar-refractivity contribution in [2.24, 2.45) is 5.92 Å². The first kappa shape index (κ1) is 14.6. The summed E-state index contributed by atoms with van der Waals surface area (Å²) in [6.07, 6.45) is 3.73. The summed E-state index contributed by atoms with van der Waals surface area (Å²) in [6, 6.07) is 0.422. The van der Waals surface area contributed by atoms with E-state index in [1.807, 2.05) is 7.05 Å². The lowest BCUT2D eigenvalue weighted by Gasteiger charge is -2.16. The summed E-state index contributed by atoms with van der Waals surface area (Å²) in [5, 5.41) is 7.66. The highest BCUT2D eigenvalue weighted by atomic mass is 32.1. The molecule has 3 nitrogen and oxygen atoms in total. The Labute approximate surface area is 109 Å². The number of hydrogen-bond donors (Lipinski definition) is 1. The molecule has 98 valence electrons. The predicted octanol–water partition coefficient (Wildman–Crippen LogP) is 3.75. The van der Waals surface area contributed by atoms with Gasteiger partial charge in [-0.2, -0.15) is 0 Å². The molecular weight excluding hydrogens is 230 g/mol. The van der Waals surface area contributed by atoms with E-state index >= 15 is 0 Å². The number of rotatable bonds is 7. The van der Waals surface area contributed by atoms with E-state index in [1.165, 1.54) is 29.8 Å². The molecule has 0 fully saturated rings. The van der Waals surface area contributed by atoms with Crippen molar-refractivity contribution in [3.63, 3.8) is 0 Å². The van der Waals surface area contributed by atoms with Crippen LogP contribution in [-0.4, -0.2) is 16.6 Å². The maximum absolute atomic E-state index is 4.26. The molecule has 1 unspecified atom stereocenters. The van der Waals surface area contributed by atoms with E-state index in [-0.39, 0.29) is 0 Å². The van der Waals surface area contributed by atoms with Crippen molar-refractivity contribution in [2.45, 2.75) is 58.9 Å². The van der Waals surface area contributed by atoms with Gasteiger partial charge in [-0.1, -0.05) is 45.0 Å². The van der Waals surface area contributed by atoms with Gasteiger partial charge in [-0.05, 0) is 36.8 Å². The summed E-state index contributed by atoms with van der Waals surface area (Å²) in [5.74, 6) is 1.25. The lowest BCUT2D eigenvalue weighted by Crippen LogP contribution is -2.17. The molecule has 0 spiro atoms. The van der Waals surface area contributed by atoms with E-state index in [1.54, 1.807) is 11.5 Å². The van der Waals surface area contributed by atoms with Gasteiger partial charge in [0.1, 0.15) is 0 Å². The molecule has 0 saturated heterocycles. The van der Waals surface area contributed by atoms with Gasteiger partial charge in [0, 0.05) is 6.04 Å². The molecule has 1 N–H and O–H groups in total.